The molecule has 1 saturated heterocycles. The lowest BCUT2D eigenvalue weighted by Crippen LogP contribution is -2.67. The minimum Gasteiger partial charge on any atom is -0.389 e. The molecule has 8 nitrogen and oxygen atoms in total. The molecular weight excluding hydrogens is 508 g/mol. The minimum absolute atomic E-state index is 0.0573. The van der Waals surface area contributed by atoms with E-state index in [4.69, 9.17) is 0 Å². The van der Waals surface area contributed by atoms with Gasteiger partial charge in [-0.05, 0) is 67.9 Å². The van der Waals surface area contributed by atoms with Crippen molar-refractivity contribution in [2.45, 2.75) is 64.4 Å². The molecule has 9 atom stereocenters. The van der Waals surface area contributed by atoms with Crippen molar-refractivity contribution in [1.29, 1.82) is 0 Å². The molecule has 212 valence electrons. The Morgan fingerprint density at radius 2 is 1.80 bits per heavy atom. The summed E-state index contributed by atoms with van der Waals surface area (Å²) >= 11 is 0. The number of ketones is 2. The highest BCUT2D eigenvalue weighted by Crippen LogP contribution is 2.58. The molecule has 1 spiro atoms. The maximum absolute atomic E-state index is 14.2. The van der Waals surface area contributed by atoms with Crippen LogP contribution in [0.5, 0.6) is 0 Å². The van der Waals surface area contributed by atoms with Crippen molar-refractivity contribution in [1.82, 2.24) is 10.3 Å². The van der Waals surface area contributed by atoms with E-state index in [1.807, 2.05) is 43.5 Å². The SMILES string of the molecule is C/C1=C/[C@@H](C)C/C=C\[C@H]2[C@H](O)[C@@](C)(O)[C@@H](C)[C@H]3[C@H](Cc4c[nH]c5ccccc45)NC(=O)[C@]32C(=O)/C=C\C(=O)[C@@H]1O. The number of hydrogen-bond donors (Lipinski definition) is 5. The van der Waals surface area contributed by atoms with E-state index in [0.717, 1.165) is 28.6 Å². The summed E-state index contributed by atoms with van der Waals surface area (Å²) in [5, 5.41) is 37.8. The molecule has 2 aliphatic carbocycles. The highest BCUT2D eigenvalue weighted by atomic mass is 16.3. The number of rotatable bonds is 2. The third-order valence-electron chi connectivity index (χ3n) is 9.60. The Morgan fingerprint density at radius 3 is 2.55 bits per heavy atom. The molecular formula is C32H38N2O6. The number of H-pyrrole nitrogens is 1. The highest BCUT2D eigenvalue weighted by Gasteiger charge is 2.71. The van der Waals surface area contributed by atoms with Gasteiger partial charge >= 0.3 is 0 Å². The molecule has 2 heterocycles. The molecule has 1 aromatic carbocycles. The van der Waals surface area contributed by atoms with Gasteiger partial charge < -0.3 is 25.6 Å². The fraction of sp³-hybridized carbons (Fsp3) is 0.469. The number of carbonyl (C=O) groups excluding carboxylic acids is 3. The summed E-state index contributed by atoms with van der Waals surface area (Å²) in [4.78, 5) is 44.3. The number of hydrogen-bond acceptors (Lipinski definition) is 6. The Balaban J connectivity index is 1.66. The molecule has 2 fully saturated rings. The topological polar surface area (TPSA) is 140 Å². The number of aliphatic hydroxyl groups is 3. The van der Waals surface area contributed by atoms with Crippen LogP contribution in [-0.4, -0.2) is 61.6 Å². The van der Waals surface area contributed by atoms with E-state index in [1.165, 1.54) is 0 Å². The number of benzene rings is 1. The van der Waals surface area contributed by atoms with Gasteiger partial charge in [-0.15, -0.1) is 0 Å². The van der Waals surface area contributed by atoms with Crippen molar-refractivity contribution in [2.75, 3.05) is 0 Å². The van der Waals surface area contributed by atoms with Crippen LogP contribution in [0, 0.1) is 29.1 Å². The van der Waals surface area contributed by atoms with E-state index in [2.05, 4.69) is 10.3 Å². The van der Waals surface area contributed by atoms with E-state index in [-0.39, 0.29) is 5.92 Å². The van der Waals surface area contributed by atoms with Gasteiger partial charge in [0, 0.05) is 35.0 Å². The van der Waals surface area contributed by atoms with Gasteiger partial charge in [-0.1, -0.05) is 50.3 Å². The van der Waals surface area contributed by atoms with Gasteiger partial charge in [-0.3, -0.25) is 14.4 Å². The van der Waals surface area contributed by atoms with Crippen LogP contribution in [0.25, 0.3) is 10.9 Å². The van der Waals surface area contributed by atoms with Crippen molar-refractivity contribution in [3.63, 3.8) is 0 Å². The van der Waals surface area contributed by atoms with E-state index in [1.54, 1.807) is 32.9 Å². The second-order valence-electron chi connectivity index (χ2n) is 12.1. The molecule has 2 aromatic rings. The smallest absolute Gasteiger partial charge is 0.235 e. The summed E-state index contributed by atoms with van der Waals surface area (Å²) in [6.45, 7) is 6.91. The predicted molar refractivity (Wildman–Crippen MR) is 151 cm³/mol. The number of allylic oxidation sites excluding steroid dienone is 3. The van der Waals surface area contributed by atoms with E-state index >= 15 is 0 Å². The largest absolute Gasteiger partial charge is 0.389 e. The minimum atomic E-state index is -1.75. The maximum Gasteiger partial charge on any atom is 0.235 e. The lowest BCUT2D eigenvalue weighted by molar-refractivity contribution is -0.197. The Kier molecular flexibility index (Phi) is 7.23. The lowest BCUT2D eigenvalue weighted by atomic mass is 9.49. The Bertz CT molecular complexity index is 1430. The molecule has 5 rings (SSSR count). The molecule has 8 heteroatoms. The quantitative estimate of drug-likeness (QED) is 0.290. The molecule has 1 aromatic heterocycles. The number of fused-ring (bicyclic) bond motifs is 1. The standard InChI is InChI=1S/C32H38N2O6/c1-17-8-7-10-22-29(38)31(4,40)19(3)27-24(15-20-16-33-23-11-6-5-9-21(20)23)34-30(39)32(22,27)26(36)13-12-25(35)28(37)18(2)14-17/h5-7,9-14,16-17,19,22,24,27-29,33,37-38,40H,8,15H2,1-4H3,(H,34,39)/b10-7-,13-12-,18-14-/t17-,19-,22-,24-,27-,28+,29-,31-,32+/m0/s1. The molecule has 1 saturated carbocycles. The lowest BCUT2D eigenvalue weighted by Gasteiger charge is -2.54. The first kappa shape index (κ1) is 28.2. The second-order valence-corrected chi connectivity index (χ2v) is 12.1. The second kappa shape index (κ2) is 10.3. The summed E-state index contributed by atoms with van der Waals surface area (Å²) in [6, 6.07) is 7.30. The number of amides is 1. The van der Waals surface area contributed by atoms with E-state index in [9.17, 15) is 29.7 Å². The average molecular weight is 547 g/mol. The number of aliphatic hydroxyl groups excluding tert-OH is 2. The Labute approximate surface area is 233 Å². The van der Waals surface area contributed by atoms with Crippen LogP contribution in [0.4, 0.5) is 0 Å². The van der Waals surface area contributed by atoms with Gasteiger partial charge in [0.05, 0.1) is 11.7 Å². The number of carbonyl (C=O) groups is 3. The Morgan fingerprint density at radius 1 is 1.07 bits per heavy atom. The molecule has 40 heavy (non-hydrogen) atoms. The number of para-hydroxylation sites is 1. The molecule has 0 bridgehead atoms. The van der Waals surface area contributed by atoms with Gasteiger partial charge in [-0.25, -0.2) is 0 Å². The first-order chi connectivity index (χ1) is 18.9. The summed E-state index contributed by atoms with van der Waals surface area (Å²) in [6.07, 6.45) is 7.38. The van der Waals surface area contributed by atoms with Crippen LogP contribution >= 0.6 is 0 Å². The van der Waals surface area contributed by atoms with Gasteiger partial charge in [0.2, 0.25) is 5.91 Å². The maximum atomic E-state index is 14.2. The van der Waals surface area contributed by atoms with Crippen LogP contribution in [0.15, 0.2) is 66.4 Å². The van der Waals surface area contributed by atoms with Crippen molar-refractivity contribution < 1.29 is 29.7 Å². The highest BCUT2D eigenvalue weighted by molar-refractivity contribution is 6.15. The molecule has 0 unspecified atom stereocenters. The molecule has 1 aliphatic heterocycles. The molecule has 3 aliphatic rings. The van der Waals surface area contributed by atoms with Crippen LogP contribution < -0.4 is 5.32 Å². The number of nitrogens with one attached hydrogen (secondary N) is 2. The van der Waals surface area contributed by atoms with Crippen LogP contribution in [-0.2, 0) is 20.8 Å². The van der Waals surface area contributed by atoms with Gasteiger partial charge in [0.25, 0.3) is 0 Å². The summed E-state index contributed by atoms with van der Waals surface area (Å²) < 4.78 is 0. The molecule has 5 N–H and O–H groups in total. The average Bonchev–Trinajstić information content (AvgIpc) is 3.45. The normalized spacial score (nSPS) is 41.5. The zero-order valence-corrected chi connectivity index (χ0v) is 23.3. The van der Waals surface area contributed by atoms with E-state index < -0.39 is 64.5 Å². The van der Waals surface area contributed by atoms with Gasteiger partial charge in [0.15, 0.2) is 11.6 Å². The summed E-state index contributed by atoms with van der Waals surface area (Å²) in [5.74, 6) is -4.25. The molecule has 0 radical (unpaired) electrons. The zero-order valence-electron chi connectivity index (χ0n) is 23.3. The van der Waals surface area contributed by atoms with Crippen LogP contribution in [0.3, 0.4) is 0 Å². The predicted octanol–water partition coefficient (Wildman–Crippen LogP) is 2.79. The fourth-order valence-electron chi connectivity index (χ4n) is 7.28. The Hall–Kier alpha value is -3.33. The van der Waals surface area contributed by atoms with Gasteiger partial charge in [-0.2, -0.15) is 0 Å². The number of aromatic amines is 1. The third kappa shape index (κ3) is 4.29. The third-order valence-corrected chi connectivity index (χ3v) is 9.60. The van der Waals surface area contributed by atoms with Crippen molar-refractivity contribution in [3.05, 3.63) is 72.0 Å². The monoisotopic (exact) mass is 546 g/mol. The first-order valence-electron chi connectivity index (χ1n) is 14.0. The first-order valence-corrected chi connectivity index (χ1v) is 14.0. The van der Waals surface area contributed by atoms with Crippen molar-refractivity contribution >= 4 is 28.4 Å². The van der Waals surface area contributed by atoms with Gasteiger partial charge in [0.1, 0.15) is 11.5 Å². The van der Waals surface area contributed by atoms with Crippen LogP contribution in [0.2, 0.25) is 0 Å². The number of aromatic nitrogens is 1. The fourth-order valence-corrected chi connectivity index (χ4v) is 7.28. The summed E-state index contributed by atoms with van der Waals surface area (Å²) in [7, 11) is 0. The van der Waals surface area contributed by atoms with E-state index in [0.29, 0.717) is 18.4 Å². The summed E-state index contributed by atoms with van der Waals surface area (Å²) in [5.41, 5.74) is -0.961. The van der Waals surface area contributed by atoms with Crippen molar-refractivity contribution in [2.24, 2.45) is 29.1 Å². The zero-order chi connectivity index (χ0) is 29.0. The van der Waals surface area contributed by atoms with Crippen LogP contribution in [0.1, 0.15) is 39.7 Å². The van der Waals surface area contributed by atoms with Crippen molar-refractivity contribution in [3.8, 4) is 0 Å². The molecule has 1 amide bonds.